The van der Waals surface area contributed by atoms with Gasteiger partial charge in [0.2, 0.25) is 0 Å². The summed E-state index contributed by atoms with van der Waals surface area (Å²) < 4.78 is 0. The highest BCUT2D eigenvalue weighted by Gasteiger charge is 2.14. The van der Waals surface area contributed by atoms with E-state index < -0.39 is 0 Å². The predicted octanol–water partition coefficient (Wildman–Crippen LogP) is 3.58. The zero-order valence-corrected chi connectivity index (χ0v) is 13.0. The van der Waals surface area contributed by atoms with E-state index in [2.05, 4.69) is 62.3 Å². The van der Waals surface area contributed by atoms with E-state index in [-0.39, 0.29) is 0 Å². The monoisotopic (exact) mass is 271 g/mol. The Bertz CT molecular complexity index is 565. The second-order valence-electron chi connectivity index (χ2n) is 5.31. The molecule has 0 aliphatic heterocycles. The van der Waals surface area contributed by atoms with Gasteiger partial charge < -0.3 is 10.2 Å². The van der Waals surface area contributed by atoms with E-state index in [1.165, 1.54) is 10.9 Å². The van der Waals surface area contributed by atoms with Gasteiger partial charge in [0.25, 0.3) is 0 Å². The molecule has 108 valence electrons. The first kappa shape index (κ1) is 14.8. The van der Waals surface area contributed by atoms with Crippen LogP contribution in [-0.4, -0.2) is 24.6 Å². The Morgan fingerprint density at radius 2 is 2.00 bits per heavy atom. The van der Waals surface area contributed by atoms with Gasteiger partial charge in [-0.25, -0.2) is 4.98 Å². The van der Waals surface area contributed by atoms with Crippen molar-refractivity contribution in [1.29, 1.82) is 0 Å². The second-order valence-corrected chi connectivity index (χ2v) is 5.31. The Labute approximate surface area is 122 Å². The number of nitrogens with zero attached hydrogens (tertiary/aromatic N) is 2. The number of hydrogen-bond donors (Lipinski definition) is 1. The van der Waals surface area contributed by atoms with Crippen molar-refractivity contribution < 1.29 is 0 Å². The Balaban J connectivity index is 2.47. The van der Waals surface area contributed by atoms with Crippen LogP contribution in [0.4, 0.5) is 5.82 Å². The molecule has 2 aromatic rings. The van der Waals surface area contributed by atoms with E-state index in [4.69, 9.17) is 4.98 Å². The fraction of sp³-hybridized carbons (Fsp3) is 0.471. The number of rotatable bonds is 6. The maximum atomic E-state index is 4.88. The van der Waals surface area contributed by atoms with Gasteiger partial charge in [0.05, 0.1) is 5.52 Å². The first-order chi connectivity index (χ1) is 9.67. The lowest BCUT2D eigenvalue weighted by Gasteiger charge is -2.27. The van der Waals surface area contributed by atoms with Gasteiger partial charge in [-0.05, 0) is 32.0 Å². The van der Waals surface area contributed by atoms with Gasteiger partial charge >= 0.3 is 0 Å². The van der Waals surface area contributed by atoms with Crippen molar-refractivity contribution in [3.63, 3.8) is 0 Å². The summed E-state index contributed by atoms with van der Waals surface area (Å²) in [7, 11) is 2.14. The van der Waals surface area contributed by atoms with E-state index in [9.17, 15) is 0 Å². The average Bonchev–Trinajstić information content (AvgIpc) is 2.50. The number of hydrogen-bond acceptors (Lipinski definition) is 3. The smallest absolute Gasteiger partial charge is 0.133 e. The van der Waals surface area contributed by atoms with Gasteiger partial charge in [-0.3, -0.25) is 0 Å². The van der Waals surface area contributed by atoms with Crippen molar-refractivity contribution in [2.45, 2.75) is 39.8 Å². The lowest BCUT2D eigenvalue weighted by atomic mass is 10.1. The third-order valence-electron chi connectivity index (χ3n) is 3.93. The number of aromatic nitrogens is 1. The van der Waals surface area contributed by atoms with Crippen LogP contribution in [0.15, 0.2) is 30.3 Å². The fourth-order valence-electron chi connectivity index (χ4n) is 2.33. The Morgan fingerprint density at radius 3 is 2.70 bits per heavy atom. The Kier molecular flexibility index (Phi) is 4.96. The van der Waals surface area contributed by atoms with Crippen LogP contribution in [0, 0.1) is 0 Å². The lowest BCUT2D eigenvalue weighted by molar-refractivity contribution is 0.648. The maximum Gasteiger partial charge on any atom is 0.133 e. The normalized spacial score (nSPS) is 12.6. The van der Waals surface area contributed by atoms with Gasteiger partial charge in [-0.15, -0.1) is 0 Å². The van der Waals surface area contributed by atoms with E-state index in [1.807, 2.05) is 6.07 Å². The van der Waals surface area contributed by atoms with Crippen LogP contribution in [0.5, 0.6) is 0 Å². The van der Waals surface area contributed by atoms with Crippen LogP contribution in [0.25, 0.3) is 10.9 Å². The van der Waals surface area contributed by atoms with Crippen molar-refractivity contribution in [3.05, 3.63) is 35.9 Å². The number of para-hydroxylation sites is 1. The quantitative estimate of drug-likeness (QED) is 0.870. The van der Waals surface area contributed by atoms with Gasteiger partial charge in [0.1, 0.15) is 5.82 Å². The lowest BCUT2D eigenvalue weighted by Crippen LogP contribution is -2.30. The van der Waals surface area contributed by atoms with Crippen LogP contribution in [0.3, 0.4) is 0 Å². The summed E-state index contributed by atoms with van der Waals surface area (Å²) in [6.45, 7) is 8.43. The van der Waals surface area contributed by atoms with Crippen LogP contribution in [0.1, 0.15) is 32.8 Å². The molecule has 0 radical (unpaired) electrons. The molecule has 1 aromatic carbocycles. The largest absolute Gasteiger partial charge is 0.357 e. The van der Waals surface area contributed by atoms with E-state index in [0.29, 0.717) is 6.04 Å². The van der Waals surface area contributed by atoms with Crippen LogP contribution >= 0.6 is 0 Å². The summed E-state index contributed by atoms with van der Waals surface area (Å²) in [5.41, 5.74) is 2.34. The minimum atomic E-state index is 0.490. The molecule has 20 heavy (non-hydrogen) atoms. The second kappa shape index (κ2) is 6.71. The summed E-state index contributed by atoms with van der Waals surface area (Å²) in [5, 5.41) is 4.62. The topological polar surface area (TPSA) is 28.2 Å². The molecule has 0 spiro atoms. The molecular formula is C17H25N3. The molecule has 0 saturated carbocycles. The number of nitrogens with one attached hydrogen (secondary N) is 1. The van der Waals surface area contributed by atoms with Crippen LogP contribution in [0.2, 0.25) is 0 Å². The van der Waals surface area contributed by atoms with Crippen molar-refractivity contribution >= 4 is 16.7 Å². The number of fused-ring (bicyclic) bond motifs is 1. The van der Waals surface area contributed by atoms with Gasteiger partial charge in [0, 0.05) is 30.6 Å². The maximum absolute atomic E-state index is 4.88. The van der Waals surface area contributed by atoms with E-state index in [0.717, 1.165) is 30.8 Å². The minimum Gasteiger partial charge on any atom is -0.357 e. The highest BCUT2D eigenvalue weighted by molar-refractivity contribution is 5.81. The Morgan fingerprint density at radius 1 is 1.25 bits per heavy atom. The first-order valence-corrected chi connectivity index (χ1v) is 7.49. The third kappa shape index (κ3) is 3.10. The van der Waals surface area contributed by atoms with Crippen molar-refractivity contribution in [3.8, 4) is 0 Å². The van der Waals surface area contributed by atoms with Gasteiger partial charge in [0.15, 0.2) is 0 Å². The SMILES string of the molecule is CCNCc1cc2ccccc2nc1N(C)C(C)CC. The molecule has 1 heterocycles. The van der Waals surface area contributed by atoms with Gasteiger partial charge in [-0.1, -0.05) is 32.0 Å². The minimum absolute atomic E-state index is 0.490. The van der Waals surface area contributed by atoms with Crippen LogP contribution < -0.4 is 10.2 Å². The highest BCUT2D eigenvalue weighted by atomic mass is 15.2. The third-order valence-corrected chi connectivity index (χ3v) is 3.93. The highest BCUT2D eigenvalue weighted by Crippen LogP contribution is 2.24. The van der Waals surface area contributed by atoms with Crippen LogP contribution in [-0.2, 0) is 6.54 Å². The average molecular weight is 271 g/mol. The summed E-state index contributed by atoms with van der Waals surface area (Å²) in [5.74, 6) is 1.10. The standard InChI is InChI=1S/C17H25N3/c1-5-13(3)20(4)17-15(12-18-6-2)11-14-9-7-8-10-16(14)19-17/h7-11,13,18H,5-6,12H2,1-4H3. The molecule has 3 heteroatoms. The predicted molar refractivity (Wildman–Crippen MR) is 87.3 cm³/mol. The molecule has 2 rings (SSSR count). The van der Waals surface area contributed by atoms with Crippen molar-refractivity contribution in [2.75, 3.05) is 18.5 Å². The molecule has 0 amide bonds. The molecule has 0 aliphatic rings. The molecule has 3 nitrogen and oxygen atoms in total. The molecule has 0 bridgehead atoms. The summed E-state index contributed by atoms with van der Waals surface area (Å²) in [6, 6.07) is 11.1. The number of pyridine rings is 1. The summed E-state index contributed by atoms with van der Waals surface area (Å²) in [4.78, 5) is 7.17. The van der Waals surface area contributed by atoms with E-state index >= 15 is 0 Å². The molecule has 0 fully saturated rings. The van der Waals surface area contributed by atoms with Crippen molar-refractivity contribution in [2.24, 2.45) is 0 Å². The Hall–Kier alpha value is -1.61. The summed E-state index contributed by atoms with van der Waals surface area (Å²) >= 11 is 0. The number of benzene rings is 1. The zero-order valence-electron chi connectivity index (χ0n) is 13.0. The molecule has 0 saturated heterocycles. The van der Waals surface area contributed by atoms with Crippen molar-refractivity contribution in [1.82, 2.24) is 10.3 Å². The summed E-state index contributed by atoms with van der Waals surface area (Å²) in [6.07, 6.45) is 1.12. The molecule has 1 aromatic heterocycles. The molecule has 1 unspecified atom stereocenters. The van der Waals surface area contributed by atoms with Gasteiger partial charge in [-0.2, -0.15) is 0 Å². The van der Waals surface area contributed by atoms with E-state index in [1.54, 1.807) is 0 Å². The number of anilines is 1. The molecule has 0 aliphatic carbocycles. The first-order valence-electron chi connectivity index (χ1n) is 7.49. The zero-order chi connectivity index (χ0) is 14.5. The molecule has 1 N–H and O–H groups in total. The fourth-order valence-corrected chi connectivity index (χ4v) is 2.33. The molecular weight excluding hydrogens is 246 g/mol. The molecule has 1 atom stereocenters.